The lowest BCUT2D eigenvalue weighted by Gasteiger charge is -2.37. The molecule has 2 rings (SSSR count). The predicted octanol–water partition coefficient (Wildman–Crippen LogP) is 1.56. The summed E-state index contributed by atoms with van der Waals surface area (Å²) in [4.78, 5) is 4.84. The Hall–Kier alpha value is -0.910. The number of nitrogens with zero attached hydrogens (tertiary/aromatic N) is 3. The van der Waals surface area contributed by atoms with Crippen LogP contribution in [0, 0.1) is 5.92 Å². The van der Waals surface area contributed by atoms with Gasteiger partial charge in [-0.25, -0.2) is 0 Å². The van der Waals surface area contributed by atoms with Crippen LogP contribution < -0.4 is 5.32 Å². The minimum Gasteiger partial charge on any atom is -0.360 e. The lowest BCUT2D eigenvalue weighted by Crippen LogP contribution is -2.49. The number of aromatic nitrogens is 1. The van der Waals surface area contributed by atoms with Gasteiger partial charge in [-0.1, -0.05) is 19.0 Å². The van der Waals surface area contributed by atoms with Gasteiger partial charge in [0.25, 0.3) is 0 Å². The van der Waals surface area contributed by atoms with Crippen LogP contribution in [0.4, 0.5) is 0 Å². The van der Waals surface area contributed by atoms with Gasteiger partial charge in [-0.15, -0.1) is 0 Å². The molecule has 1 saturated heterocycles. The molecule has 1 aliphatic heterocycles. The van der Waals surface area contributed by atoms with Crippen molar-refractivity contribution in [1.82, 2.24) is 20.3 Å². The zero-order chi connectivity index (χ0) is 14.5. The van der Waals surface area contributed by atoms with Crippen molar-refractivity contribution in [2.24, 2.45) is 5.92 Å². The van der Waals surface area contributed by atoms with Gasteiger partial charge in [-0.05, 0) is 26.4 Å². The summed E-state index contributed by atoms with van der Waals surface area (Å²) >= 11 is 0. The molecule has 1 atom stereocenters. The zero-order valence-corrected chi connectivity index (χ0v) is 13.2. The normalized spacial score (nSPS) is 21.8. The monoisotopic (exact) mass is 280 g/mol. The summed E-state index contributed by atoms with van der Waals surface area (Å²) in [5.74, 6) is 1.64. The number of hydrogen-bond acceptors (Lipinski definition) is 5. The molecule has 2 heterocycles. The van der Waals surface area contributed by atoms with Gasteiger partial charge in [-0.3, -0.25) is 4.90 Å². The molecule has 1 N–H and O–H groups in total. The average molecular weight is 280 g/mol. The zero-order valence-electron chi connectivity index (χ0n) is 13.2. The molecule has 1 unspecified atom stereocenters. The Kier molecular flexibility index (Phi) is 5.57. The maximum atomic E-state index is 5.44. The van der Waals surface area contributed by atoms with Crippen LogP contribution in [0.2, 0.25) is 0 Å². The maximum Gasteiger partial charge on any atom is 0.151 e. The first-order valence-corrected chi connectivity index (χ1v) is 7.62. The molecule has 0 radical (unpaired) electrons. The Morgan fingerprint density at radius 1 is 1.45 bits per heavy atom. The second-order valence-corrected chi connectivity index (χ2v) is 6.37. The second kappa shape index (κ2) is 7.20. The smallest absolute Gasteiger partial charge is 0.151 e. The van der Waals surface area contributed by atoms with Gasteiger partial charge >= 0.3 is 0 Å². The van der Waals surface area contributed by atoms with Crippen LogP contribution in [0.3, 0.4) is 0 Å². The van der Waals surface area contributed by atoms with Gasteiger partial charge in [0.15, 0.2) is 5.76 Å². The van der Waals surface area contributed by atoms with Crippen LogP contribution in [0.25, 0.3) is 0 Å². The molecule has 1 aromatic rings. The fourth-order valence-electron chi connectivity index (χ4n) is 2.49. The second-order valence-electron chi connectivity index (χ2n) is 6.37. The summed E-state index contributed by atoms with van der Waals surface area (Å²) in [5.41, 5.74) is 1.00. The van der Waals surface area contributed by atoms with Crippen molar-refractivity contribution in [3.8, 4) is 0 Å². The molecule has 20 heavy (non-hydrogen) atoms. The number of hydrogen-bond donors (Lipinski definition) is 1. The van der Waals surface area contributed by atoms with Gasteiger partial charge in [0, 0.05) is 38.3 Å². The molecule has 5 nitrogen and oxygen atoms in total. The quantitative estimate of drug-likeness (QED) is 0.856. The molecule has 0 saturated carbocycles. The Morgan fingerprint density at radius 3 is 2.95 bits per heavy atom. The van der Waals surface area contributed by atoms with Gasteiger partial charge < -0.3 is 14.7 Å². The van der Waals surface area contributed by atoms with Crippen molar-refractivity contribution in [2.75, 3.05) is 33.2 Å². The molecule has 1 aliphatic rings. The molecule has 0 spiro atoms. The molecule has 5 heteroatoms. The standard InChI is InChI=1S/C15H28N4O/c1-12(2)8-16-9-14-7-15(20-17-14)11-19-6-5-18(4)13(3)10-19/h7,12-13,16H,5-6,8-11H2,1-4H3. The summed E-state index contributed by atoms with van der Waals surface area (Å²) in [6.07, 6.45) is 0. The minimum absolute atomic E-state index is 0.610. The Bertz CT molecular complexity index is 404. The van der Waals surface area contributed by atoms with Crippen LogP contribution >= 0.6 is 0 Å². The SMILES string of the molecule is CC(C)CNCc1cc(CN2CCN(C)C(C)C2)on1. The van der Waals surface area contributed by atoms with E-state index >= 15 is 0 Å². The van der Waals surface area contributed by atoms with Gasteiger partial charge in [-0.2, -0.15) is 0 Å². The maximum absolute atomic E-state index is 5.44. The van der Waals surface area contributed by atoms with Crippen molar-refractivity contribution in [1.29, 1.82) is 0 Å². The molecule has 114 valence electrons. The van der Waals surface area contributed by atoms with Crippen LogP contribution in [-0.4, -0.2) is 54.2 Å². The third kappa shape index (κ3) is 4.58. The van der Waals surface area contributed by atoms with Crippen LogP contribution in [0.5, 0.6) is 0 Å². The highest BCUT2D eigenvalue weighted by molar-refractivity contribution is 5.05. The Labute approximate surface area is 122 Å². The summed E-state index contributed by atoms with van der Waals surface area (Å²) in [6.45, 7) is 12.7. The summed E-state index contributed by atoms with van der Waals surface area (Å²) in [5, 5.41) is 7.53. The van der Waals surface area contributed by atoms with Crippen LogP contribution in [0.1, 0.15) is 32.2 Å². The molecule has 0 aromatic carbocycles. The summed E-state index contributed by atoms with van der Waals surface area (Å²) in [6, 6.07) is 2.69. The lowest BCUT2D eigenvalue weighted by atomic mass is 10.2. The highest BCUT2D eigenvalue weighted by atomic mass is 16.5. The molecule has 0 bridgehead atoms. The van der Waals surface area contributed by atoms with E-state index in [0.29, 0.717) is 12.0 Å². The highest BCUT2D eigenvalue weighted by Gasteiger charge is 2.21. The molecule has 0 amide bonds. The van der Waals surface area contributed by atoms with E-state index < -0.39 is 0 Å². The Morgan fingerprint density at radius 2 is 2.25 bits per heavy atom. The number of nitrogens with one attached hydrogen (secondary N) is 1. The number of likely N-dealkylation sites (N-methyl/N-ethyl adjacent to an activating group) is 1. The van der Waals surface area contributed by atoms with E-state index in [-0.39, 0.29) is 0 Å². The first-order valence-electron chi connectivity index (χ1n) is 7.62. The number of piperazine rings is 1. The van der Waals surface area contributed by atoms with Crippen molar-refractivity contribution >= 4 is 0 Å². The first-order chi connectivity index (χ1) is 9.54. The topological polar surface area (TPSA) is 44.5 Å². The van der Waals surface area contributed by atoms with Crippen LogP contribution in [0.15, 0.2) is 10.6 Å². The van der Waals surface area contributed by atoms with E-state index in [1.807, 2.05) is 0 Å². The minimum atomic E-state index is 0.610. The van der Waals surface area contributed by atoms with Crippen molar-refractivity contribution in [3.63, 3.8) is 0 Å². The van der Waals surface area contributed by atoms with Gasteiger partial charge in [0.2, 0.25) is 0 Å². The predicted molar refractivity (Wildman–Crippen MR) is 80.4 cm³/mol. The fourth-order valence-corrected chi connectivity index (χ4v) is 2.49. The van der Waals surface area contributed by atoms with E-state index in [1.54, 1.807) is 0 Å². The number of rotatable bonds is 6. The highest BCUT2D eigenvalue weighted by Crippen LogP contribution is 2.12. The van der Waals surface area contributed by atoms with E-state index in [4.69, 9.17) is 4.52 Å². The summed E-state index contributed by atoms with van der Waals surface area (Å²) < 4.78 is 5.44. The van der Waals surface area contributed by atoms with Crippen molar-refractivity contribution in [3.05, 3.63) is 17.5 Å². The lowest BCUT2D eigenvalue weighted by molar-refractivity contribution is 0.0927. The molecule has 0 aliphatic carbocycles. The van der Waals surface area contributed by atoms with Gasteiger partial charge in [0.05, 0.1) is 12.2 Å². The Balaban J connectivity index is 1.78. The fraction of sp³-hybridized carbons (Fsp3) is 0.800. The van der Waals surface area contributed by atoms with E-state index in [1.165, 1.54) is 0 Å². The van der Waals surface area contributed by atoms with E-state index in [9.17, 15) is 0 Å². The third-order valence-corrected chi connectivity index (χ3v) is 3.89. The van der Waals surface area contributed by atoms with Gasteiger partial charge in [0.1, 0.15) is 0 Å². The molecule has 1 fully saturated rings. The van der Waals surface area contributed by atoms with Crippen LogP contribution in [-0.2, 0) is 13.1 Å². The van der Waals surface area contributed by atoms with E-state index in [2.05, 4.69) is 54.2 Å². The summed E-state index contributed by atoms with van der Waals surface area (Å²) in [7, 11) is 2.19. The van der Waals surface area contributed by atoms with Crippen molar-refractivity contribution in [2.45, 2.75) is 39.9 Å². The molecule has 1 aromatic heterocycles. The largest absolute Gasteiger partial charge is 0.360 e. The average Bonchev–Trinajstić information content (AvgIpc) is 2.81. The third-order valence-electron chi connectivity index (χ3n) is 3.89. The molecular formula is C15H28N4O. The van der Waals surface area contributed by atoms with E-state index in [0.717, 1.165) is 50.7 Å². The molecular weight excluding hydrogens is 252 g/mol. The first kappa shape index (κ1) is 15.5. The van der Waals surface area contributed by atoms with Crippen molar-refractivity contribution < 1.29 is 4.52 Å².